The van der Waals surface area contributed by atoms with Gasteiger partial charge in [-0.25, -0.2) is 0 Å². The van der Waals surface area contributed by atoms with E-state index in [4.69, 9.17) is 23.7 Å². The molecule has 8 heteroatoms. The van der Waals surface area contributed by atoms with Gasteiger partial charge in [-0.3, -0.25) is 4.79 Å². The van der Waals surface area contributed by atoms with Gasteiger partial charge in [0.05, 0.1) is 13.2 Å². The molecule has 0 fully saturated rings. The summed E-state index contributed by atoms with van der Waals surface area (Å²) in [5.41, 5.74) is 2.04. The molecule has 0 unspecified atom stereocenters. The number of ether oxygens (including phenoxy) is 5. The van der Waals surface area contributed by atoms with E-state index >= 15 is 0 Å². The fourth-order valence-electron chi connectivity index (χ4n) is 3.54. The maximum Gasteiger partial charge on any atom is 0.266 e. The maximum atomic E-state index is 12.7. The number of amides is 1. The van der Waals surface area contributed by atoms with Crippen LogP contribution in [0.2, 0.25) is 0 Å². The standard InChI is InChI=1S/C28H26N2O6/c1-3-32-23-7-5-6-22(15-23)30-28(31)21(16-29)12-19-8-10-24(26(13-19)33-4-2)34-17-20-9-11-25-27(14-20)36-18-35-25/h5-15H,3-4,17-18H2,1-2H3,(H,30,31)/b21-12-. The number of hydrogen-bond donors (Lipinski definition) is 1. The Morgan fingerprint density at radius 1 is 0.972 bits per heavy atom. The van der Waals surface area contributed by atoms with Gasteiger partial charge in [0.2, 0.25) is 6.79 Å². The quantitative estimate of drug-likeness (QED) is 0.305. The Morgan fingerprint density at radius 3 is 2.61 bits per heavy atom. The van der Waals surface area contributed by atoms with Crippen molar-refractivity contribution in [2.24, 2.45) is 0 Å². The van der Waals surface area contributed by atoms with Crippen molar-refractivity contribution in [1.82, 2.24) is 0 Å². The van der Waals surface area contributed by atoms with Crippen LogP contribution in [0.15, 0.2) is 66.2 Å². The number of hydrogen-bond acceptors (Lipinski definition) is 7. The third kappa shape index (κ3) is 6.07. The fourth-order valence-corrected chi connectivity index (χ4v) is 3.54. The highest BCUT2D eigenvalue weighted by Crippen LogP contribution is 2.34. The second kappa shape index (κ2) is 11.7. The number of anilines is 1. The minimum atomic E-state index is -0.521. The van der Waals surface area contributed by atoms with Gasteiger partial charge in [-0.1, -0.05) is 18.2 Å². The zero-order valence-corrected chi connectivity index (χ0v) is 20.1. The van der Waals surface area contributed by atoms with Crippen LogP contribution in [0.3, 0.4) is 0 Å². The number of nitriles is 1. The predicted octanol–water partition coefficient (Wildman–Crippen LogP) is 5.34. The molecule has 0 spiro atoms. The average Bonchev–Trinajstić information content (AvgIpc) is 3.35. The summed E-state index contributed by atoms with van der Waals surface area (Å²) in [6.07, 6.45) is 1.51. The SMILES string of the molecule is CCOc1cccc(NC(=O)/C(C#N)=C\c2ccc(OCc3ccc4c(c3)OCO4)c(OCC)c2)c1. The topological polar surface area (TPSA) is 99.0 Å². The monoisotopic (exact) mass is 486 g/mol. The minimum Gasteiger partial charge on any atom is -0.494 e. The van der Waals surface area contributed by atoms with Crippen molar-refractivity contribution in [3.8, 4) is 34.8 Å². The van der Waals surface area contributed by atoms with Gasteiger partial charge in [0.25, 0.3) is 5.91 Å². The number of rotatable bonds is 10. The lowest BCUT2D eigenvalue weighted by molar-refractivity contribution is -0.112. The normalized spacial score (nSPS) is 12.0. The number of nitrogens with zero attached hydrogens (tertiary/aromatic N) is 1. The Hall–Kier alpha value is -4.64. The molecule has 0 saturated heterocycles. The van der Waals surface area contributed by atoms with Crippen molar-refractivity contribution in [2.75, 3.05) is 25.3 Å². The first kappa shape index (κ1) is 24.5. The summed E-state index contributed by atoms with van der Waals surface area (Å²) in [5, 5.41) is 12.3. The number of fused-ring (bicyclic) bond motifs is 1. The van der Waals surface area contributed by atoms with Crippen LogP contribution >= 0.6 is 0 Å². The molecule has 1 aliphatic heterocycles. The van der Waals surface area contributed by atoms with E-state index < -0.39 is 5.91 Å². The van der Waals surface area contributed by atoms with E-state index in [1.165, 1.54) is 6.08 Å². The second-order valence-electron chi connectivity index (χ2n) is 7.70. The molecule has 1 N–H and O–H groups in total. The van der Waals surface area contributed by atoms with E-state index in [-0.39, 0.29) is 12.4 Å². The molecule has 8 nitrogen and oxygen atoms in total. The van der Waals surface area contributed by atoms with Gasteiger partial charge >= 0.3 is 0 Å². The zero-order chi connectivity index (χ0) is 25.3. The van der Waals surface area contributed by atoms with Crippen LogP contribution in [0.5, 0.6) is 28.7 Å². The third-order valence-corrected chi connectivity index (χ3v) is 5.18. The second-order valence-corrected chi connectivity index (χ2v) is 7.70. The Balaban J connectivity index is 1.48. The zero-order valence-electron chi connectivity index (χ0n) is 20.1. The smallest absolute Gasteiger partial charge is 0.266 e. The van der Waals surface area contributed by atoms with Crippen LogP contribution in [0, 0.1) is 11.3 Å². The van der Waals surface area contributed by atoms with E-state index in [1.54, 1.807) is 42.5 Å². The first-order valence-corrected chi connectivity index (χ1v) is 11.5. The van der Waals surface area contributed by atoms with Gasteiger partial charge in [-0.15, -0.1) is 0 Å². The van der Waals surface area contributed by atoms with Crippen molar-refractivity contribution < 1.29 is 28.5 Å². The van der Waals surface area contributed by atoms with E-state index in [2.05, 4.69) is 5.32 Å². The highest BCUT2D eigenvalue weighted by Gasteiger charge is 2.15. The maximum absolute atomic E-state index is 12.7. The molecule has 0 aliphatic carbocycles. The highest BCUT2D eigenvalue weighted by molar-refractivity contribution is 6.09. The third-order valence-electron chi connectivity index (χ3n) is 5.18. The van der Waals surface area contributed by atoms with Crippen LogP contribution in [-0.4, -0.2) is 25.9 Å². The average molecular weight is 487 g/mol. The van der Waals surface area contributed by atoms with E-state index in [1.807, 2.05) is 38.1 Å². The molecule has 0 atom stereocenters. The van der Waals surface area contributed by atoms with Crippen molar-refractivity contribution in [1.29, 1.82) is 5.26 Å². The van der Waals surface area contributed by atoms with Crippen molar-refractivity contribution in [3.63, 3.8) is 0 Å². The molecule has 1 heterocycles. The van der Waals surface area contributed by atoms with Crippen LogP contribution in [0.4, 0.5) is 5.69 Å². The minimum absolute atomic E-state index is 0.0479. The molecule has 0 saturated carbocycles. The summed E-state index contributed by atoms with van der Waals surface area (Å²) in [4.78, 5) is 12.7. The number of nitrogens with one attached hydrogen (secondary N) is 1. The first-order valence-electron chi connectivity index (χ1n) is 11.5. The molecule has 1 aliphatic rings. The van der Waals surface area contributed by atoms with Gasteiger partial charge in [0.1, 0.15) is 24.0 Å². The summed E-state index contributed by atoms with van der Waals surface area (Å²) in [5.74, 6) is 2.57. The molecule has 3 aromatic carbocycles. The van der Waals surface area contributed by atoms with Gasteiger partial charge < -0.3 is 29.0 Å². The number of benzene rings is 3. The molecule has 1 amide bonds. The first-order chi connectivity index (χ1) is 17.6. The van der Waals surface area contributed by atoms with Gasteiger partial charge in [-0.05, 0) is 67.4 Å². The summed E-state index contributed by atoms with van der Waals surface area (Å²) < 4.78 is 27.9. The summed E-state index contributed by atoms with van der Waals surface area (Å²) in [6.45, 7) is 5.21. The van der Waals surface area contributed by atoms with Crippen LogP contribution in [0.1, 0.15) is 25.0 Å². The Bertz CT molecular complexity index is 1310. The van der Waals surface area contributed by atoms with Crippen LogP contribution < -0.4 is 29.0 Å². The summed E-state index contributed by atoms with van der Waals surface area (Å²) in [6, 6.07) is 19.9. The number of carbonyl (C=O) groups is 1. The van der Waals surface area contributed by atoms with Crippen LogP contribution in [0.25, 0.3) is 6.08 Å². The van der Waals surface area contributed by atoms with Gasteiger partial charge in [0, 0.05) is 11.8 Å². The van der Waals surface area contributed by atoms with Crippen molar-refractivity contribution in [3.05, 3.63) is 77.4 Å². The summed E-state index contributed by atoms with van der Waals surface area (Å²) >= 11 is 0. The molecule has 184 valence electrons. The Labute approximate surface area is 209 Å². The van der Waals surface area contributed by atoms with E-state index in [0.717, 1.165) is 5.56 Å². The molecule has 3 aromatic rings. The Morgan fingerprint density at radius 2 is 1.81 bits per heavy atom. The number of carbonyl (C=O) groups excluding carboxylic acids is 1. The molecule has 36 heavy (non-hydrogen) atoms. The fraction of sp³-hybridized carbons (Fsp3) is 0.214. The van der Waals surface area contributed by atoms with E-state index in [9.17, 15) is 10.1 Å². The molecule has 4 rings (SSSR count). The predicted molar refractivity (Wildman–Crippen MR) is 134 cm³/mol. The lowest BCUT2D eigenvalue weighted by Gasteiger charge is -2.13. The van der Waals surface area contributed by atoms with Crippen molar-refractivity contribution in [2.45, 2.75) is 20.5 Å². The lowest BCUT2D eigenvalue weighted by Crippen LogP contribution is -2.13. The largest absolute Gasteiger partial charge is 0.494 e. The molecule has 0 radical (unpaired) electrons. The Kier molecular flexibility index (Phi) is 7.94. The molecular formula is C28H26N2O6. The molecule has 0 bridgehead atoms. The highest BCUT2D eigenvalue weighted by atomic mass is 16.7. The lowest BCUT2D eigenvalue weighted by atomic mass is 10.1. The summed E-state index contributed by atoms with van der Waals surface area (Å²) in [7, 11) is 0. The van der Waals surface area contributed by atoms with Gasteiger partial charge in [0.15, 0.2) is 23.0 Å². The molecular weight excluding hydrogens is 460 g/mol. The molecule has 0 aromatic heterocycles. The van der Waals surface area contributed by atoms with E-state index in [0.29, 0.717) is 59.8 Å². The van der Waals surface area contributed by atoms with Crippen LogP contribution in [-0.2, 0) is 11.4 Å². The van der Waals surface area contributed by atoms with Crippen molar-refractivity contribution >= 4 is 17.7 Å². The van der Waals surface area contributed by atoms with Gasteiger partial charge in [-0.2, -0.15) is 5.26 Å².